The number of nitrogens with one attached hydrogen (secondary N) is 1. The maximum Gasteiger partial charge on any atom is 0.317 e. The van der Waals surface area contributed by atoms with Gasteiger partial charge in [-0.2, -0.15) is 0 Å². The molecule has 1 aliphatic heterocycles. The number of hydrogen-bond acceptors (Lipinski definition) is 5. The number of aromatic nitrogens is 2. The summed E-state index contributed by atoms with van der Waals surface area (Å²) in [7, 11) is 0. The quantitative estimate of drug-likeness (QED) is 0.498. The smallest absolute Gasteiger partial charge is 0.317 e. The lowest BCUT2D eigenvalue weighted by atomic mass is 10.2. The van der Waals surface area contributed by atoms with Crippen LogP contribution in [0.3, 0.4) is 0 Å². The molecule has 2 heterocycles. The van der Waals surface area contributed by atoms with Gasteiger partial charge in [0.15, 0.2) is 0 Å². The molecule has 0 saturated heterocycles. The largest absolute Gasteiger partial charge is 0.466 e. The van der Waals surface area contributed by atoms with Gasteiger partial charge in [0, 0.05) is 15.7 Å². The van der Waals surface area contributed by atoms with Crippen molar-refractivity contribution in [3.05, 3.63) is 37.9 Å². The molecule has 1 aliphatic rings. The van der Waals surface area contributed by atoms with Crippen LogP contribution in [0.15, 0.2) is 26.6 Å². The average Bonchev–Trinajstić information content (AvgIpc) is 2.53. The van der Waals surface area contributed by atoms with E-state index in [-0.39, 0.29) is 12.4 Å². The lowest BCUT2D eigenvalue weighted by Crippen LogP contribution is -2.41. The molecule has 0 aliphatic carbocycles. The summed E-state index contributed by atoms with van der Waals surface area (Å²) in [5.74, 6) is 0.154. The van der Waals surface area contributed by atoms with Crippen LogP contribution in [0.25, 0.3) is 11.0 Å². The molecule has 0 radical (unpaired) electrons. The Morgan fingerprint density at radius 3 is 3.00 bits per heavy atom. The molecule has 1 N–H and O–H groups in total. The highest BCUT2D eigenvalue weighted by molar-refractivity contribution is 7.99. The van der Waals surface area contributed by atoms with E-state index < -0.39 is 17.2 Å². The van der Waals surface area contributed by atoms with Crippen LogP contribution >= 0.6 is 23.4 Å². The molecule has 2 aromatic rings. The maximum atomic E-state index is 12.4. The van der Waals surface area contributed by atoms with Crippen LogP contribution in [0.5, 0.6) is 0 Å². The van der Waals surface area contributed by atoms with E-state index in [4.69, 9.17) is 16.3 Å². The Labute approximate surface area is 147 Å². The Morgan fingerprint density at radius 2 is 2.25 bits per heavy atom. The van der Waals surface area contributed by atoms with Crippen LogP contribution in [0, 0.1) is 0 Å². The monoisotopic (exact) mass is 368 g/mol. The summed E-state index contributed by atoms with van der Waals surface area (Å²) in [5, 5.41) is 0.489. The Morgan fingerprint density at radius 1 is 1.46 bits per heavy atom. The molecule has 3 rings (SSSR count). The summed E-state index contributed by atoms with van der Waals surface area (Å²) in [4.78, 5) is 39.7. The molecule has 1 atom stereocenters. The number of ether oxygens (including phenoxy) is 1. The number of nitrogens with zero attached hydrogens (tertiary/aromatic N) is 1. The standard InChI is InChI=1S/C16H17ClN2O4S/c1-2-3-4-23-13(20)7-10-8-24-12-6-9(17)5-11-14(12)19(10)16(22)15(21)18-11/h5-6,10H,2-4,7-8H2,1H3,(H,18,21). The predicted molar refractivity (Wildman–Crippen MR) is 94.1 cm³/mol. The van der Waals surface area contributed by atoms with Crippen LogP contribution in [0.1, 0.15) is 32.2 Å². The number of halogens is 1. The molecule has 0 spiro atoms. The van der Waals surface area contributed by atoms with E-state index in [1.165, 1.54) is 16.3 Å². The van der Waals surface area contributed by atoms with Gasteiger partial charge in [-0.15, -0.1) is 11.8 Å². The summed E-state index contributed by atoms with van der Waals surface area (Å²) < 4.78 is 6.60. The molecule has 1 aromatic carbocycles. The number of aromatic amines is 1. The second-order valence-corrected chi connectivity index (χ2v) is 7.17. The van der Waals surface area contributed by atoms with Crippen molar-refractivity contribution >= 4 is 40.4 Å². The Kier molecular flexibility index (Phi) is 5.01. The van der Waals surface area contributed by atoms with E-state index in [1.54, 1.807) is 12.1 Å². The number of carbonyl (C=O) groups is 1. The predicted octanol–water partition coefficient (Wildman–Crippen LogP) is 2.72. The van der Waals surface area contributed by atoms with Gasteiger partial charge in [0.05, 0.1) is 30.1 Å². The minimum Gasteiger partial charge on any atom is -0.466 e. The van der Waals surface area contributed by atoms with Crippen molar-refractivity contribution in [1.29, 1.82) is 0 Å². The molecule has 0 fully saturated rings. The molecule has 1 aromatic heterocycles. The van der Waals surface area contributed by atoms with E-state index in [1.807, 2.05) is 6.92 Å². The van der Waals surface area contributed by atoms with Crippen LogP contribution in [0.2, 0.25) is 5.02 Å². The zero-order chi connectivity index (χ0) is 17.3. The van der Waals surface area contributed by atoms with Crippen molar-refractivity contribution in [3.8, 4) is 0 Å². The van der Waals surface area contributed by atoms with Gasteiger partial charge in [-0.25, -0.2) is 0 Å². The topological polar surface area (TPSA) is 81.2 Å². The summed E-state index contributed by atoms with van der Waals surface area (Å²) >= 11 is 7.58. The average molecular weight is 369 g/mol. The fourth-order valence-electron chi connectivity index (χ4n) is 2.76. The third-order valence-corrected chi connectivity index (χ3v) is 5.29. The molecular formula is C16H17ClN2O4S. The first-order chi connectivity index (χ1) is 11.5. The molecule has 6 nitrogen and oxygen atoms in total. The minimum atomic E-state index is -0.716. The lowest BCUT2D eigenvalue weighted by Gasteiger charge is -2.26. The fraction of sp³-hybridized carbons (Fsp3) is 0.438. The third kappa shape index (κ3) is 3.23. The summed E-state index contributed by atoms with van der Waals surface area (Å²) in [6, 6.07) is 2.97. The highest BCUT2D eigenvalue weighted by Crippen LogP contribution is 2.37. The summed E-state index contributed by atoms with van der Waals surface area (Å²) in [6.45, 7) is 2.39. The zero-order valence-electron chi connectivity index (χ0n) is 13.1. The van der Waals surface area contributed by atoms with Gasteiger partial charge in [0.25, 0.3) is 0 Å². The lowest BCUT2D eigenvalue weighted by molar-refractivity contribution is -0.144. The number of carbonyl (C=O) groups excluding carboxylic acids is 1. The van der Waals surface area contributed by atoms with Crippen molar-refractivity contribution in [2.24, 2.45) is 0 Å². The molecular weight excluding hydrogens is 352 g/mol. The Hall–Kier alpha value is -1.73. The van der Waals surface area contributed by atoms with Gasteiger partial charge < -0.3 is 9.72 Å². The summed E-state index contributed by atoms with van der Waals surface area (Å²) in [5.41, 5.74) is -0.255. The second kappa shape index (κ2) is 7.03. The molecule has 0 saturated carbocycles. The summed E-state index contributed by atoms with van der Waals surface area (Å²) in [6.07, 6.45) is 1.81. The molecule has 1 unspecified atom stereocenters. The van der Waals surface area contributed by atoms with E-state index in [9.17, 15) is 14.4 Å². The van der Waals surface area contributed by atoms with E-state index >= 15 is 0 Å². The van der Waals surface area contributed by atoms with Crippen molar-refractivity contribution in [3.63, 3.8) is 0 Å². The fourth-order valence-corrected chi connectivity index (χ4v) is 4.23. The molecule has 128 valence electrons. The van der Waals surface area contributed by atoms with E-state index in [0.29, 0.717) is 28.4 Å². The Bertz CT molecular complexity index is 905. The third-order valence-electron chi connectivity index (χ3n) is 3.90. The Balaban J connectivity index is 2.00. The van der Waals surface area contributed by atoms with Crippen molar-refractivity contribution in [2.45, 2.75) is 37.1 Å². The highest BCUT2D eigenvalue weighted by Gasteiger charge is 2.27. The van der Waals surface area contributed by atoms with Gasteiger partial charge in [0.2, 0.25) is 0 Å². The molecule has 0 amide bonds. The molecule has 0 bridgehead atoms. The number of thioether (sulfide) groups is 1. The van der Waals surface area contributed by atoms with Gasteiger partial charge in [-0.1, -0.05) is 24.9 Å². The normalized spacial score (nSPS) is 16.3. The van der Waals surface area contributed by atoms with Crippen molar-refractivity contribution < 1.29 is 9.53 Å². The van der Waals surface area contributed by atoms with E-state index in [2.05, 4.69) is 4.98 Å². The van der Waals surface area contributed by atoms with Crippen LogP contribution in [-0.4, -0.2) is 27.9 Å². The van der Waals surface area contributed by atoms with Crippen LogP contribution < -0.4 is 11.1 Å². The number of unbranched alkanes of at least 4 members (excludes halogenated alkanes) is 1. The maximum absolute atomic E-state index is 12.4. The first-order valence-corrected chi connectivity index (χ1v) is 9.14. The zero-order valence-corrected chi connectivity index (χ0v) is 14.7. The first-order valence-electron chi connectivity index (χ1n) is 7.77. The minimum absolute atomic E-state index is 0.0667. The van der Waals surface area contributed by atoms with Crippen LogP contribution in [-0.2, 0) is 9.53 Å². The van der Waals surface area contributed by atoms with Crippen LogP contribution in [0.4, 0.5) is 0 Å². The number of benzene rings is 1. The highest BCUT2D eigenvalue weighted by atomic mass is 35.5. The number of H-pyrrole nitrogens is 1. The van der Waals surface area contributed by atoms with Gasteiger partial charge in [-0.3, -0.25) is 19.0 Å². The second-order valence-electron chi connectivity index (χ2n) is 5.67. The molecule has 8 heteroatoms. The SMILES string of the molecule is CCCCOC(=O)CC1CSc2cc(Cl)cc3[nH]c(=O)c(=O)n1c23. The van der Waals surface area contributed by atoms with Gasteiger partial charge in [0.1, 0.15) is 0 Å². The molecule has 24 heavy (non-hydrogen) atoms. The van der Waals surface area contributed by atoms with E-state index in [0.717, 1.165) is 17.7 Å². The first kappa shape index (κ1) is 17.1. The number of hydrogen-bond donors (Lipinski definition) is 1. The number of esters is 1. The van der Waals surface area contributed by atoms with Crippen molar-refractivity contribution in [2.75, 3.05) is 12.4 Å². The van der Waals surface area contributed by atoms with Gasteiger partial charge >= 0.3 is 17.1 Å². The van der Waals surface area contributed by atoms with Crippen molar-refractivity contribution in [1.82, 2.24) is 9.55 Å². The number of rotatable bonds is 5. The van der Waals surface area contributed by atoms with Gasteiger partial charge in [-0.05, 0) is 18.6 Å².